The third-order valence-corrected chi connectivity index (χ3v) is 6.17. The number of carbonyl (C=O) groups is 1. The molecule has 1 aromatic carbocycles. The van der Waals surface area contributed by atoms with Crippen molar-refractivity contribution in [1.82, 2.24) is 5.32 Å². The number of nitrogens with zero attached hydrogens (tertiary/aromatic N) is 1. The Hall–Kier alpha value is -2.07. The lowest BCUT2D eigenvalue weighted by Crippen LogP contribution is -2.40. The Balaban J connectivity index is 1.67. The van der Waals surface area contributed by atoms with Crippen LogP contribution >= 0.6 is 11.6 Å². The first-order valence-electron chi connectivity index (χ1n) is 12.8. The molecule has 0 saturated heterocycles. The number of carbonyl (C=O) groups excluding carboxylic acids is 1. The van der Waals surface area contributed by atoms with Crippen LogP contribution in [0.15, 0.2) is 42.6 Å². The Morgan fingerprint density at radius 3 is 2.27 bits per heavy atom. The van der Waals surface area contributed by atoms with E-state index in [1.54, 1.807) is 18.2 Å². The molecular weight excluding hydrogens is 432 g/mol. The molecule has 33 heavy (non-hydrogen) atoms. The summed E-state index contributed by atoms with van der Waals surface area (Å²) in [6.45, 7) is 6.48. The van der Waals surface area contributed by atoms with Crippen molar-refractivity contribution < 1.29 is 14.1 Å². The minimum atomic E-state index is -0.134. The molecule has 0 fully saturated rings. The molecule has 0 aliphatic heterocycles. The number of hydrogen-bond donors (Lipinski definition) is 1. The number of unbranched alkanes of at least 4 members (excludes halogenated alkanes) is 9. The maximum atomic E-state index is 12.6. The Morgan fingerprint density at radius 1 is 0.909 bits per heavy atom. The number of hydrogen-bond acceptors (Lipinski definition) is 2. The number of amides is 1. The number of aromatic nitrogens is 1. The molecule has 0 spiro atoms. The first-order valence-corrected chi connectivity index (χ1v) is 13.2. The monoisotopic (exact) mass is 473 g/mol. The van der Waals surface area contributed by atoms with Gasteiger partial charge in [-0.3, -0.25) is 4.79 Å². The van der Waals surface area contributed by atoms with E-state index in [1.165, 1.54) is 57.8 Å². The first kappa shape index (κ1) is 27.2. The fourth-order valence-corrected chi connectivity index (χ4v) is 4.17. The molecule has 0 radical (unpaired) electrons. The zero-order chi connectivity index (χ0) is 23.7. The highest BCUT2D eigenvalue weighted by molar-refractivity contribution is 6.32. The van der Waals surface area contributed by atoms with Gasteiger partial charge in [0.25, 0.3) is 5.91 Å². The largest absolute Gasteiger partial charge is 0.492 e. The van der Waals surface area contributed by atoms with Gasteiger partial charge in [0.1, 0.15) is 18.8 Å². The molecule has 182 valence electrons. The van der Waals surface area contributed by atoms with Crippen LogP contribution in [0, 0.1) is 0 Å². The van der Waals surface area contributed by atoms with E-state index in [1.807, 2.05) is 24.4 Å². The molecule has 2 aromatic rings. The predicted octanol–water partition coefficient (Wildman–Crippen LogP) is 7.27. The molecule has 0 atom stereocenters. The lowest BCUT2D eigenvalue weighted by Gasteiger charge is -2.10. The molecule has 1 N–H and O–H groups in total. The molecule has 0 bridgehead atoms. The average Bonchev–Trinajstić information content (AvgIpc) is 2.82. The van der Waals surface area contributed by atoms with Crippen molar-refractivity contribution >= 4 is 17.5 Å². The minimum Gasteiger partial charge on any atom is -0.492 e. The van der Waals surface area contributed by atoms with Gasteiger partial charge in [0.05, 0.1) is 11.6 Å². The van der Waals surface area contributed by atoms with Gasteiger partial charge in [0.2, 0.25) is 5.69 Å². The average molecular weight is 474 g/mol. The van der Waals surface area contributed by atoms with Crippen LogP contribution in [0.1, 0.15) is 101 Å². The smallest absolute Gasteiger partial charge is 0.251 e. The second-order valence-corrected chi connectivity index (χ2v) is 9.15. The van der Waals surface area contributed by atoms with Gasteiger partial charge < -0.3 is 10.1 Å². The summed E-state index contributed by atoms with van der Waals surface area (Å²) in [6.07, 6.45) is 16.1. The Kier molecular flexibility index (Phi) is 13.6. The number of nitrogens with one attached hydrogen (secondary N) is 1. The Morgan fingerprint density at radius 2 is 1.61 bits per heavy atom. The Bertz CT molecular complexity index is 825. The molecular formula is C28H42ClN2O2+. The number of halogens is 1. The maximum Gasteiger partial charge on any atom is 0.251 e. The van der Waals surface area contributed by atoms with Crippen molar-refractivity contribution in [3.05, 3.63) is 58.9 Å². The van der Waals surface area contributed by atoms with Gasteiger partial charge >= 0.3 is 0 Å². The fraction of sp³-hybridized carbons (Fsp3) is 0.571. The van der Waals surface area contributed by atoms with Crippen molar-refractivity contribution in [1.29, 1.82) is 0 Å². The minimum absolute atomic E-state index is 0.134. The lowest BCUT2D eigenvalue weighted by atomic mass is 10.1. The molecule has 0 aliphatic carbocycles. The number of benzene rings is 1. The van der Waals surface area contributed by atoms with Crippen LogP contribution < -0.4 is 14.6 Å². The van der Waals surface area contributed by atoms with Gasteiger partial charge in [-0.2, -0.15) is 0 Å². The molecule has 1 heterocycles. The van der Waals surface area contributed by atoms with Gasteiger partial charge in [0.15, 0.2) is 6.20 Å². The summed E-state index contributed by atoms with van der Waals surface area (Å²) in [5.74, 6) is 0.512. The standard InChI is InChI=1S/C28H41ClN2O2/c1-3-5-6-7-8-9-10-11-12-15-21-33-27-18-17-24(22-26(27)29)28(32)30-23-25-16-13-14-20-31(25)19-4-2/h13-14,16-18,20,22H,3-12,15,19,21,23H2,1-2H3/p+1. The maximum absolute atomic E-state index is 12.6. The number of ether oxygens (including phenoxy) is 1. The van der Waals surface area contributed by atoms with Crippen molar-refractivity contribution in [3.63, 3.8) is 0 Å². The van der Waals surface area contributed by atoms with E-state index in [0.29, 0.717) is 29.5 Å². The predicted molar refractivity (Wildman–Crippen MR) is 137 cm³/mol. The third kappa shape index (κ3) is 10.6. The fourth-order valence-electron chi connectivity index (χ4n) is 3.93. The van der Waals surface area contributed by atoms with Crippen LogP contribution in [0.3, 0.4) is 0 Å². The van der Waals surface area contributed by atoms with Gasteiger partial charge in [0, 0.05) is 24.1 Å². The summed E-state index contributed by atoms with van der Waals surface area (Å²) in [5.41, 5.74) is 1.62. The van der Waals surface area contributed by atoms with E-state index in [4.69, 9.17) is 16.3 Å². The summed E-state index contributed by atoms with van der Waals surface area (Å²) in [4.78, 5) is 12.6. The van der Waals surface area contributed by atoms with E-state index < -0.39 is 0 Å². The topological polar surface area (TPSA) is 42.2 Å². The zero-order valence-electron chi connectivity index (χ0n) is 20.6. The van der Waals surface area contributed by atoms with E-state index in [-0.39, 0.29) is 5.91 Å². The van der Waals surface area contributed by atoms with E-state index in [9.17, 15) is 4.79 Å². The highest BCUT2D eigenvalue weighted by Gasteiger charge is 2.13. The van der Waals surface area contributed by atoms with Gasteiger partial charge in [-0.15, -0.1) is 0 Å². The molecule has 0 saturated carbocycles. The van der Waals surface area contributed by atoms with Crippen LogP contribution in [0.25, 0.3) is 0 Å². The third-order valence-electron chi connectivity index (χ3n) is 5.88. The second-order valence-electron chi connectivity index (χ2n) is 8.74. The van der Waals surface area contributed by atoms with Crippen molar-refractivity contribution in [2.75, 3.05) is 6.61 Å². The van der Waals surface area contributed by atoms with E-state index in [0.717, 1.165) is 25.1 Å². The quantitative estimate of drug-likeness (QED) is 0.194. The van der Waals surface area contributed by atoms with E-state index >= 15 is 0 Å². The molecule has 1 aromatic heterocycles. The Labute approximate surface area is 205 Å². The van der Waals surface area contributed by atoms with E-state index in [2.05, 4.69) is 23.7 Å². The normalized spacial score (nSPS) is 10.9. The summed E-state index contributed by atoms with van der Waals surface area (Å²) in [6, 6.07) is 11.3. The summed E-state index contributed by atoms with van der Waals surface area (Å²) >= 11 is 6.38. The van der Waals surface area contributed by atoms with Gasteiger partial charge in [-0.25, -0.2) is 4.57 Å². The van der Waals surface area contributed by atoms with Crippen molar-refractivity contribution in [2.24, 2.45) is 0 Å². The molecule has 4 nitrogen and oxygen atoms in total. The van der Waals surface area contributed by atoms with Crippen molar-refractivity contribution in [3.8, 4) is 5.75 Å². The van der Waals surface area contributed by atoms with Crippen LogP contribution in [-0.4, -0.2) is 12.5 Å². The van der Waals surface area contributed by atoms with Gasteiger partial charge in [-0.05, 0) is 24.6 Å². The number of aryl methyl sites for hydroxylation is 1. The lowest BCUT2D eigenvalue weighted by molar-refractivity contribution is -0.704. The highest BCUT2D eigenvalue weighted by Crippen LogP contribution is 2.26. The van der Waals surface area contributed by atoms with Crippen LogP contribution in [0.4, 0.5) is 0 Å². The second kappa shape index (κ2) is 16.5. The summed E-state index contributed by atoms with van der Waals surface area (Å²) < 4.78 is 8.01. The molecule has 5 heteroatoms. The molecule has 0 aliphatic rings. The molecule has 0 unspecified atom stereocenters. The molecule has 2 rings (SSSR count). The van der Waals surface area contributed by atoms with Crippen LogP contribution in [-0.2, 0) is 13.1 Å². The first-order chi connectivity index (χ1) is 16.2. The SMILES string of the molecule is CCCCCCCCCCCCOc1ccc(C(=O)NCc2cccc[n+]2CCC)cc1Cl. The summed E-state index contributed by atoms with van der Waals surface area (Å²) in [7, 11) is 0. The highest BCUT2D eigenvalue weighted by atomic mass is 35.5. The number of pyridine rings is 1. The van der Waals surface area contributed by atoms with Gasteiger partial charge in [-0.1, -0.05) is 89.3 Å². The van der Waals surface area contributed by atoms with Crippen LogP contribution in [0.2, 0.25) is 5.02 Å². The zero-order valence-corrected chi connectivity index (χ0v) is 21.3. The van der Waals surface area contributed by atoms with Crippen molar-refractivity contribution in [2.45, 2.75) is 97.6 Å². The van der Waals surface area contributed by atoms with Crippen LogP contribution in [0.5, 0.6) is 5.75 Å². The summed E-state index contributed by atoms with van der Waals surface area (Å²) in [5, 5.41) is 3.47. The molecule has 1 amide bonds. The number of rotatable bonds is 17.